The number of aromatic nitrogens is 2. The van der Waals surface area contributed by atoms with Crippen molar-refractivity contribution in [1.29, 1.82) is 0 Å². The topological polar surface area (TPSA) is 48.3 Å². The first-order valence-corrected chi connectivity index (χ1v) is 7.47. The maximum absolute atomic E-state index is 5.60. The average Bonchev–Trinajstić information content (AvgIpc) is 3.04. The molecule has 0 saturated carbocycles. The number of rotatable bonds is 7. The van der Waals surface area contributed by atoms with E-state index in [0.29, 0.717) is 13.2 Å². The molecule has 0 unspecified atom stereocenters. The Bertz CT molecular complexity index is 555. The van der Waals surface area contributed by atoms with Crippen molar-refractivity contribution in [2.45, 2.75) is 19.4 Å². The Balaban J connectivity index is 1.35. The van der Waals surface area contributed by atoms with Crippen LogP contribution in [0.2, 0.25) is 0 Å². The van der Waals surface area contributed by atoms with Crippen LogP contribution in [0, 0.1) is 0 Å². The van der Waals surface area contributed by atoms with Gasteiger partial charge in [0.25, 0.3) is 0 Å². The summed E-state index contributed by atoms with van der Waals surface area (Å²) in [6.45, 7) is 4.29. The molecule has 0 fully saturated rings. The third-order valence-corrected chi connectivity index (χ3v) is 3.53. The number of benzene rings is 1. The molecule has 2 heterocycles. The van der Waals surface area contributed by atoms with Gasteiger partial charge in [-0.3, -0.25) is 0 Å². The Morgan fingerprint density at radius 1 is 1.14 bits per heavy atom. The zero-order chi connectivity index (χ0) is 14.3. The molecule has 5 heteroatoms. The van der Waals surface area contributed by atoms with Crippen molar-refractivity contribution in [1.82, 2.24) is 14.9 Å². The fourth-order valence-electron chi connectivity index (χ4n) is 2.41. The Morgan fingerprint density at radius 3 is 2.90 bits per heavy atom. The van der Waals surface area contributed by atoms with E-state index in [1.807, 2.05) is 24.8 Å². The van der Waals surface area contributed by atoms with Crippen LogP contribution < -0.4 is 14.8 Å². The molecule has 0 aliphatic carbocycles. The van der Waals surface area contributed by atoms with E-state index >= 15 is 0 Å². The quantitative estimate of drug-likeness (QED) is 0.790. The summed E-state index contributed by atoms with van der Waals surface area (Å²) in [7, 11) is 0. The van der Waals surface area contributed by atoms with Crippen molar-refractivity contribution >= 4 is 0 Å². The number of nitrogens with zero attached hydrogens (tertiary/aromatic N) is 2. The van der Waals surface area contributed by atoms with E-state index in [9.17, 15) is 0 Å². The van der Waals surface area contributed by atoms with Gasteiger partial charge in [-0.25, -0.2) is 4.98 Å². The molecular weight excluding hydrogens is 266 g/mol. The Kier molecular flexibility index (Phi) is 4.74. The molecule has 5 nitrogen and oxygen atoms in total. The second kappa shape index (κ2) is 7.13. The highest BCUT2D eigenvalue weighted by molar-refractivity contribution is 5.43. The zero-order valence-electron chi connectivity index (χ0n) is 12.1. The van der Waals surface area contributed by atoms with Crippen LogP contribution in [0.25, 0.3) is 0 Å². The maximum atomic E-state index is 5.60. The fraction of sp³-hybridized carbons (Fsp3) is 0.438. The fourth-order valence-corrected chi connectivity index (χ4v) is 2.41. The monoisotopic (exact) mass is 287 g/mol. The van der Waals surface area contributed by atoms with Crippen molar-refractivity contribution in [2.75, 3.05) is 26.3 Å². The number of ether oxygens (including phenoxy) is 2. The zero-order valence-corrected chi connectivity index (χ0v) is 12.1. The van der Waals surface area contributed by atoms with Crippen LogP contribution in [0.15, 0.2) is 36.9 Å². The van der Waals surface area contributed by atoms with E-state index in [0.717, 1.165) is 44.0 Å². The van der Waals surface area contributed by atoms with Crippen molar-refractivity contribution in [3.63, 3.8) is 0 Å². The molecule has 0 radical (unpaired) electrons. The Labute approximate surface area is 124 Å². The molecule has 21 heavy (non-hydrogen) atoms. The molecular formula is C16H21N3O2. The van der Waals surface area contributed by atoms with Crippen molar-refractivity contribution in [3.8, 4) is 11.5 Å². The van der Waals surface area contributed by atoms with Gasteiger partial charge in [0.15, 0.2) is 11.5 Å². The summed E-state index contributed by atoms with van der Waals surface area (Å²) in [4.78, 5) is 4.03. The van der Waals surface area contributed by atoms with Gasteiger partial charge in [0.05, 0.1) is 6.33 Å². The lowest BCUT2D eigenvalue weighted by molar-refractivity contribution is 0.171. The first-order valence-electron chi connectivity index (χ1n) is 7.47. The van der Waals surface area contributed by atoms with Crippen LogP contribution >= 0.6 is 0 Å². The summed E-state index contributed by atoms with van der Waals surface area (Å²) in [5.41, 5.74) is 1.28. The van der Waals surface area contributed by atoms with Gasteiger partial charge < -0.3 is 19.4 Å². The molecule has 3 rings (SSSR count). The van der Waals surface area contributed by atoms with Crippen LogP contribution in [0.4, 0.5) is 0 Å². The molecule has 2 aromatic rings. The highest BCUT2D eigenvalue weighted by Gasteiger charge is 2.11. The van der Waals surface area contributed by atoms with Crippen molar-refractivity contribution < 1.29 is 9.47 Å². The lowest BCUT2D eigenvalue weighted by Gasteiger charge is -2.18. The van der Waals surface area contributed by atoms with Crippen LogP contribution in [-0.4, -0.2) is 35.9 Å². The lowest BCUT2D eigenvalue weighted by Crippen LogP contribution is -2.20. The molecule has 1 aromatic heterocycles. The van der Waals surface area contributed by atoms with Gasteiger partial charge in [0.2, 0.25) is 0 Å². The van der Waals surface area contributed by atoms with Gasteiger partial charge in [0, 0.05) is 18.9 Å². The third-order valence-electron chi connectivity index (χ3n) is 3.53. The van der Waals surface area contributed by atoms with Gasteiger partial charge >= 0.3 is 0 Å². The summed E-state index contributed by atoms with van der Waals surface area (Å²) in [5, 5.41) is 3.47. The SMILES string of the molecule is c1cn(CCCNCCc2ccc3c(c2)OCCO3)cn1. The highest BCUT2D eigenvalue weighted by Crippen LogP contribution is 2.30. The van der Waals surface area contributed by atoms with Crippen molar-refractivity contribution in [2.24, 2.45) is 0 Å². The summed E-state index contributed by atoms with van der Waals surface area (Å²) >= 11 is 0. The molecule has 1 aliphatic rings. The van der Waals surface area contributed by atoms with E-state index in [1.54, 1.807) is 0 Å². The lowest BCUT2D eigenvalue weighted by atomic mass is 10.1. The number of aryl methyl sites for hydroxylation is 1. The number of hydrogen-bond donors (Lipinski definition) is 1. The van der Waals surface area contributed by atoms with E-state index in [2.05, 4.69) is 27.0 Å². The van der Waals surface area contributed by atoms with Crippen LogP contribution in [0.5, 0.6) is 11.5 Å². The van der Waals surface area contributed by atoms with Gasteiger partial charge in [-0.05, 0) is 43.6 Å². The first-order chi connectivity index (χ1) is 10.4. The molecule has 0 bridgehead atoms. The van der Waals surface area contributed by atoms with Gasteiger partial charge in [-0.1, -0.05) is 6.07 Å². The minimum atomic E-state index is 0.642. The number of nitrogens with one attached hydrogen (secondary N) is 1. The summed E-state index contributed by atoms with van der Waals surface area (Å²) in [6, 6.07) is 6.20. The van der Waals surface area contributed by atoms with Gasteiger partial charge in [-0.15, -0.1) is 0 Å². The van der Waals surface area contributed by atoms with Crippen LogP contribution in [0.3, 0.4) is 0 Å². The Morgan fingerprint density at radius 2 is 2.05 bits per heavy atom. The first kappa shape index (κ1) is 13.9. The summed E-state index contributed by atoms with van der Waals surface area (Å²) in [5.74, 6) is 1.73. The molecule has 0 spiro atoms. The van der Waals surface area contributed by atoms with Crippen LogP contribution in [-0.2, 0) is 13.0 Å². The van der Waals surface area contributed by atoms with E-state index in [-0.39, 0.29) is 0 Å². The van der Waals surface area contributed by atoms with Crippen LogP contribution in [0.1, 0.15) is 12.0 Å². The van der Waals surface area contributed by atoms with E-state index < -0.39 is 0 Å². The molecule has 0 saturated heterocycles. The predicted octanol–water partition coefficient (Wildman–Crippen LogP) is 1.88. The summed E-state index contributed by atoms with van der Waals surface area (Å²) < 4.78 is 13.2. The van der Waals surface area contributed by atoms with E-state index in [4.69, 9.17) is 9.47 Å². The molecule has 1 aliphatic heterocycles. The normalized spacial score (nSPS) is 13.3. The minimum Gasteiger partial charge on any atom is -0.486 e. The van der Waals surface area contributed by atoms with Gasteiger partial charge in [0.1, 0.15) is 13.2 Å². The molecule has 1 aromatic carbocycles. The van der Waals surface area contributed by atoms with E-state index in [1.165, 1.54) is 5.56 Å². The minimum absolute atomic E-state index is 0.642. The maximum Gasteiger partial charge on any atom is 0.161 e. The molecule has 0 atom stereocenters. The standard InChI is InChI=1S/C16H21N3O2/c1(8-19-9-7-18-13-19)5-17-6-4-14-2-3-15-16(12-14)21-11-10-20-15/h2-3,7,9,12-13,17H,1,4-6,8,10-11H2. The van der Waals surface area contributed by atoms with Crippen molar-refractivity contribution in [3.05, 3.63) is 42.5 Å². The average molecular weight is 287 g/mol. The summed E-state index contributed by atoms with van der Waals surface area (Å²) in [6.07, 6.45) is 7.78. The molecule has 0 amide bonds. The third kappa shape index (κ3) is 3.98. The number of imidazole rings is 1. The van der Waals surface area contributed by atoms with Gasteiger partial charge in [-0.2, -0.15) is 0 Å². The molecule has 1 N–H and O–H groups in total. The largest absolute Gasteiger partial charge is 0.486 e. The predicted molar refractivity (Wildman–Crippen MR) is 80.8 cm³/mol. The number of fused-ring (bicyclic) bond motifs is 1. The Hall–Kier alpha value is -2.01. The highest BCUT2D eigenvalue weighted by atomic mass is 16.6. The number of hydrogen-bond acceptors (Lipinski definition) is 4. The second-order valence-electron chi connectivity index (χ2n) is 5.13. The smallest absolute Gasteiger partial charge is 0.161 e. The second-order valence-corrected chi connectivity index (χ2v) is 5.13. The molecule has 112 valence electrons.